The number of hydrogen-bond donors (Lipinski definition) is 1. The predicted molar refractivity (Wildman–Crippen MR) is 88.4 cm³/mol. The summed E-state index contributed by atoms with van der Waals surface area (Å²) in [6.45, 7) is 5.81. The van der Waals surface area contributed by atoms with Crippen LogP contribution < -0.4 is 0 Å². The second kappa shape index (κ2) is 7.07. The highest BCUT2D eigenvalue weighted by Crippen LogP contribution is 2.28. The molecule has 3 rings (SSSR count). The summed E-state index contributed by atoms with van der Waals surface area (Å²) in [5, 5.41) is 9.29. The Balaban J connectivity index is 1.92. The molecule has 2 heterocycles. The van der Waals surface area contributed by atoms with Crippen molar-refractivity contribution < 1.29 is 5.11 Å². The van der Waals surface area contributed by atoms with E-state index in [2.05, 4.69) is 45.8 Å². The van der Waals surface area contributed by atoms with Gasteiger partial charge in [-0.05, 0) is 44.0 Å². The number of benzene rings is 1. The lowest BCUT2D eigenvalue weighted by molar-refractivity contribution is 0.213. The lowest BCUT2D eigenvalue weighted by Crippen LogP contribution is -2.35. The molecule has 0 aliphatic carbocycles. The molecule has 0 bridgehead atoms. The van der Waals surface area contributed by atoms with E-state index in [4.69, 9.17) is 0 Å². The van der Waals surface area contributed by atoms with E-state index in [9.17, 15) is 5.11 Å². The number of aromatic nitrogens is 2. The van der Waals surface area contributed by atoms with Gasteiger partial charge in [0.2, 0.25) is 0 Å². The number of aliphatic hydroxyl groups excluding tert-OH is 1. The van der Waals surface area contributed by atoms with Crippen molar-refractivity contribution in [2.24, 2.45) is 0 Å². The third-order valence-electron chi connectivity index (χ3n) is 4.62. The molecule has 2 aromatic rings. The van der Waals surface area contributed by atoms with Gasteiger partial charge < -0.3 is 14.6 Å². The van der Waals surface area contributed by atoms with Crippen LogP contribution in [0.1, 0.15) is 37.1 Å². The summed E-state index contributed by atoms with van der Waals surface area (Å²) in [5.74, 6) is 1.65. The highest BCUT2D eigenvalue weighted by molar-refractivity contribution is 5.42. The number of imidazole rings is 1. The maximum Gasteiger partial charge on any atom is 0.117 e. The number of likely N-dealkylation sites (tertiary alicyclic amines) is 1. The molecule has 1 aromatic carbocycles. The Bertz CT molecular complexity index is 608. The normalized spacial score (nSPS) is 19.5. The van der Waals surface area contributed by atoms with Crippen molar-refractivity contribution in [3.8, 4) is 5.69 Å². The first-order chi connectivity index (χ1) is 10.8. The number of likely N-dealkylation sites (N-methyl/N-ethyl adjacent to an activating group) is 1. The first-order valence-corrected chi connectivity index (χ1v) is 8.28. The van der Waals surface area contributed by atoms with E-state index >= 15 is 0 Å². The summed E-state index contributed by atoms with van der Waals surface area (Å²) in [4.78, 5) is 7.17. The smallest absolute Gasteiger partial charge is 0.117 e. The molecule has 22 heavy (non-hydrogen) atoms. The van der Waals surface area contributed by atoms with Crippen LogP contribution in [0.4, 0.5) is 0 Å². The van der Waals surface area contributed by atoms with E-state index in [1.807, 2.05) is 12.3 Å². The summed E-state index contributed by atoms with van der Waals surface area (Å²) in [7, 11) is 0. The van der Waals surface area contributed by atoms with Gasteiger partial charge in [-0.25, -0.2) is 4.98 Å². The van der Waals surface area contributed by atoms with Gasteiger partial charge in [0, 0.05) is 31.5 Å². The van der Waals surface area contributed by atoms with Gasteiger partial charge in [-0.1, -0.05) is 25.1 Å². The van der Waals surface area contributed by atoms with E-state index in [1.54, 1.807) is 0 Å². The van der Waals surface area contributed by atoms with Gasteiger partial charge in [0.1, 0.15) is 5.82 Å². The minimum absolute atomic E-state index is 0.175. The summed E-state index contributed by atoms with van der Waals surface area (Å²) >= 11 is 0. The zero-order valence-corrected chi connectivity index (χ0v) is 13.3. The first kappa shape index (κ1) is 15.3. The van der Waals surface area contributed by atoms with Crippen LogP contribution in [0.2, 0.25) is 0 Å². The fourth-order valence-electron chi connectivity index (χ4n) is 3.45. The van der Waals surface area contributed by atoms with Gasteiger partial charge in [0.05, 0.1) is 5.69 Å². The van der Waals surface area contributed by atoms with Crippen molar-refractivity contribution in [2.45, 2.75) is 32.1 Å². The van der Waals surface area contributed by atoms with Crippen LogP contribution in [-0.4, -0.2) is 45.8 Å². The van der Waals surface area contributed by atoms with Gasteiger partial charge >= 0.3 is 0 Å². The van der Waals surface area contributed by atoms with E-state index in [0.29, 0.717) is 12.3 Å². The number of rotatable bonds is 5. The average Bonchev–Trinajstić information content (AvgIpc) is 3.05. The standard InChI is InChI=1S/C18H25N3O/c1-2-20-11-5-7-16(14-20)18-19-10-12-21(18)17-8-4-3-6-15(17)9-13-22/h3-4,6,8,10,12,16,22H,2,5,7,9,11,13-14H2,1H3. The maximum atomic E-state index is 9.29. The zero-order valence-electron chi connectivity index (χ0n) is 13.3. The Morgan fingerprint density at radius 1 is 1.32 bits per heavy atom. The fourth-order valence-corrected chi connectivity index (χ4v) is 3.45. The molecular formula is C18H25N3O. The Morgan fingerprint density at radius 3 is 3.00 bits per heavy atom. The molecular weight excluding hydrogens is 274 g/mol. The summed E-state index contributed by atoms with van der Waals surface area (Å²) < 4.78 is 2.22. The number of aliphatic hydroxyl groups is 1. The zero-order chi connectivity index (χ0) is 15.4. The minimum Gasteiger partial charge on any atom is -0.396 e. The van der Waals surface area contributed by atoms with Gasteiger partial charge in [-0.15, -0.1) is 0 Å². The van der Waals surface area contributed by atoms with Crippen LogP contribution in [0.3, 0.4) is 0 Å². The van der Waals surface area contributed by atoms with Crippen LogP contribution in [-0.2, 0) is 6.42 Å². The monoisotopic (exact) mass is 299 g/mol. The molecule has 0 radical (unpaired) electrons. The molecule has 0 spiro atoms. The van der Waals surface area contributed by atoms with Crippen molar-refractivity contribution in [3.05, 3.63) is 48.0 Å². The Kier molecular flexibility index (Phi) is 4.90. The second-order valence-corrected chi connectivity index (χ2v) is 5.99. The van der Waals surface area contributed by atoms with Crippen LogP contribution in [0.5, 0.6) is 0 Å². The topological polar surface area (TPSA) is 41.3 Å². The Hall–Kier alpha value is -1.65. The molecule has 0 amide bonds. The first-order valence-electron chi connectivity index (χ1n) is 8.28. The number of hydrogen-bond acceptors (Lipinski definition) is 3. The molecule has 1 aliphatic rings. The predicted octanol–water partition coefficient (Wildman–Crippen LogP) is 2.61. The Morgan fingerprint density at radius 2 is 2.18 bits per heavy atom. The number of para-hydroxylation sites is 1. The molecule has 118 valence electrons. The largest absolute Gasteiger partial charge is 0.396 e. The van der Waals surface area contributed by atoms with Crippen LogP contribution >= 0.6 is 0 Å². The van der Waals surface area contributed by atoms with E-state index in [1.165, 1.54) is 24.9 Å². The summed E-state index contributed by atoms with van der Waals surface area (Å²) in [5.41, 5.74) is 2.32. The highest BCUT2D eigenvalue weighted by Gasteiger charge is 2.24. The van der Waals surface area contributed by atoms with Gasteiger partial charge in [0.25, 0.3) is 0 Å². The molecule has 1 fully saturated rings. The van der Waals surface area contributed by atoms with E-state index < -0.39 is 0 Å². The van der Waals surface area contributed by atoms with Gasteiger partial charge in [-0.3, -0.25) is 0 Å². The highest BCUT2D eigenvalue weighted by atomic mass is 16.2. The van der Waals surface area contributed by atoms with Crippen LogP contribution in [0.15, 0.2) is 36.7 Å². The molecule has 1 N–H and O–H groups in total. The van der Waals surface area contributed by atoms with Crippen LogP contribution in [0, 0.1) is 0 Å². The van der Waals surface area contributed by atoms with Crippen LogP contribution in [0.25, 0.3) is 5.69 Å². The molecule has 1 atom stereocenters. The van der Waals surface area contributed by atoms with E-state index in [0.717, 1.165) is 24.6 Å². The fraction of sp³-hybridized carbons (Fsp3) is 0.500. The minimum atomic E-state index is 0.175. The SMILES string of the molecule is CCN1CCCC(c2nccn2-c2ccccc2CCO)C1. The van der Waals surface area contributed by atoms with E-state index in [-0.39, 0.29) is 6.61 Å². The molecule has 1 saturated heterocycles. The third-order valence-corrected chi connectivity index (χ3v) is 4.62. The third kappa shape index (κ3) is 3.08. The lowest BCUT2D eigenvalue weighted by atomic mass is 9.97. The quantitative estimate of drug-likeness (QED) is 0.922. The molecule has 0 saturated carbocycles. The molecule has 1 unspecified atom stereocenters. The van der Waals surface area contributed by atoms with Crippen molar-refractivity contribution in [1.82, 2.24) is 14.5 Å². The van der Waals surface area contributed by atoms with Gasteiger partial charge in [-0.2, -0.15) is 0 Å². The lowest BCUT2D eigenvalue weighted by Gasteiger charge is -2.31. The molecule has 4 nitrogen and oxygen atoms in total. The van der Waals surface area contributed by atoms with Crippen molar-refractivity contribution in [2.75, 3.05) is 26.2 Å². The van der Waals surface area contributed by atoms with Gasteiger partial charge in [0.15, 0.2) is 0 Å². The average molecular weight is 299 g/mol. The Labute approximate surface area is 132 Å². The summed E-state index contributed by atoms with van der Waals surface area (Å²) in [6, 6.07) is 8.30. The number of nitrogens with zero attached hydrogens (tertiary/aromatic N) is 3. The molecule has 1 aromatic heterocycles. The molecule has 1 aliphatic heterocycles. The van der Waals surface area contributed by atoms with Crippen molar-refractivity contribution in [1.29, 1.82) is 0 Å². The van der Waals surface area contributed by atoms with Crippen molar-refractivity contribution >= 4 is 0 Å². The maximum absolute atomic E-state index is 9.29. The summed E-state index contributed by atoms with van der Waals surface area (Å²) in [6.07, 6.45) is 7.07. The van der Waals surface area contributed by atoms with Crippen molar-refractivity contribution in [3.63, 3.8) is 0 Å². The number of piperidine rings is 1. The second-order valence-electron chi connectivity index (χ2n) is 5.99. The molecule has 4 heteroatoms.